The number of rotatable bonds is 0. The summed E-state index contributed by atoms with van der Waals surface area (Å²) < 4.78 is 69.5. The molecule has 6 bridgehead atoms. The fraction of sp³-hybridized carbons (Fsp3) is 0.292. The van der Waals surface area contributed by atoms with Gasteiger partial charge in [0.2, 0.25) is 21.9 Å². The molecule has 3 N–H and O–H groups in total. The van der Waals surface area contributed by atoms with Crippen LogP contribution in [0, 0.1) is 0 Å². The molecule has 37 heavy (non-hydrogen) atoms. The number of carbonyl (C=O) groups excluding carboxylic acids is 1. The van der Waals surface area contributed by atoms with E-state index in [-0.39, 0.29) is 41.8 Å². The fourth-order valence-electron chi connectivity index (χ4n) is 4.40. The summed E-state index contributed by atoms with van der Waals surface area (Å²) in [6.45, 7) is 0.289. The number of hydrogen-bond donors (Lipinski definition) is 3. The summed E-state index contributed by atoms with van der Waals surface area (Å²) in [4.78, 5) is 22.3. The number of hydrogen-bond acceptors (Lipinski definition) is 7. The van der Waals surface area contributed by atoms with E-state index in [9.17, 15) is 26.4 Å². The molecule has 4 heterocycles. The van der Waals surface area contributed by atoms with Crippen molar-refractivity contribution in [2.24, 2.45) is 0 Å². The van der Waals surface area contributed by atoms with Crippen molar-refractivity contribution in [1.82, 2.24) is 14.7 Å². The molecule has 0 radical (unpaired) electrons. The van der Waals surface area contributed by atoms with Crippen molar-refractivity contribution in [3.05, 3.63) is 65.4 Å². The van der Waals surface area contributed by atoms with Crippen LogP contribution in [0.15, 0.2) is 53.6 Å². The van der Waals surface area contributed by atoms with Crippen molar-refractivity contribution in [3.63, 3.8) is 0 Å². The zero-order valence-corrected chi connectivity index (χ0v) is 20.3. The van der Waals surface area contributed by atoms with Crippen molar-refractivity contribution < 1.29 is 26.4 Å². The van der Waals surface area contributed by atoms with Gasteiger partial charge < -0.3 is 15.5 Å². The number of anilines is 4. The Bertz CT molecular complexity index is 1460. The zero-order valence-electron chi connectivity index (χ0n) is 19.5. The third-order valence-corrected chi connectivity index (χ3v) is 7.76. The second-order valence-corrected chi connectivity index (χ2v) is 10.4. The van der Waals surface area contributed by atoms with E-state index in [1.54, 1.807) is 23.1 Å². The van der Waals surface area contributed by atoms with E-state index in [2.05, 4.69) is 25.3 Å². The van der Waals surface area contributed by atoms with Crippen LogP contribution in [0.3, 0.4) is 0 Å². The zero-order chi connectivity index (χ0) is 26.2. The van der Waals surface area contributed by atoms with Gasteiger partial charge in [0, 0.05) is 43.6 Å². The fourth-order valence-corrected chi connectivity index (χ4v) is 5.71. The van der Waals surface area contributed by atoms with Crippen LogP contribution in [0.1, 0.15) is 29.5 Å². The van der Waals surface area contributed by atoms with Crippen molar-refractivity contribution in [2.75, 3.05) is 28.6 Å². The number of aromatic nitrogens is 2. The number of fused-ring (bicyclic) bond motifs is 7. The minimum Gasteiger partial charge on any atom is -0.365 e. The molecule has 6 rings (SSSR count). The Morgan fingerprint density at radius 1 is 1.03 bits per heavy atom. The average Bonchev–Trinajstić information content (AvgIpc) is 3.28. The maximum atomic E-state index is 13.7. The molecule has 3 aromatic rings. The Morgan fingerprint density at radius 2 is 1.84 bits per heavy atom. The summed E-state index contributed by atoms with van der Waals surface area (Å²) in [5, 5.41) is 5.57. The predicted octanol–water partition coefficient (Wildman–Crippen LogP) is 3.81. The number of amides is 1. The van der Waals surface area contributed by atoms with Crippen LogP contribution in [0.2, 0.25) is 0 Å². The van der Waals surface area contributed by atoms with Gasteiger partial charge in [-0.1, -0.05) is 18.2 Å². The first-order valence-electron chi connectivity index (χ1n) is 11.6. The van der Waals surface area contributed by atoms with Crippen LogP contribution in [-0.2, 0) is 34.0 Å². The highest BCUT2D eigenvalue weighted by atomic mass is 32.2. The van der Waals surface area contributed by atoms with Gasteiger partial charge in [-0.3, -0.25) is 4.79 Å². The van der Waals surface area contributed by atoms with Crippen molar-refractivity contribution in [3.8, 4) is 0 Å². The Hall–Kier alpha value is -3.71. The molecule has 0 saturated heterocycles. The first-order chi connectivity index (χ1) is 17.6. The first kappa shape index (κ1) is 25.0. The van der Waals surface area contributed by atoms with E-state index < -0.39 is 27.6 Å². The summed E-state index contributed by atoms with van der Waals surface area (Å²) in [6, 6.07) is 11.3. The smallest absolute Gasteiger partial charge is 0.365 e. The molecular weight excluding hydrogens is 509 g/mol. The van der Waals surface area contributed by atoms with Gasteiger partial charge in [0.25, 0.3) is 0 Å². The van der Waals surface area contributed by atoms with Gasteiger partial charge >= 0.3 is 6.18 Å². The summed E-state index contributed by atoms with van der Waals surface area (Å²) >= 11 is 0. The first-order valence-corrected chi connectivity index (χ1v) is 13.1. The van der Waals surface area contributed by atoms with Crippen LogP contribution >= 0.6 is 0 Å². The number of nitrogens with zero attached hydrogens (tertiary/aromatic N) is 3. The molecule has 0 fully saturated rings. The van der Waals surface area contributed by atoms with Crippen molar-refractivity contribution in [2.45, 2.75) is 36.9 Å². The van der Waals surface area contributed by atoms with Gasteiger partial charge in [-0.25, -0.2) is 18.1 Å². The molecule has 9 nitrogen and oxygen atoms in total. The normalized spacial score (nSPS) is 17.7. The Kier molecular flexibility index (Phi) is 6.50. The molecule has 1 amide bonds. The number of sulfonamides is 1. The number of nitrogens with one attached hydrogen (secondary N) is 3. The lowest BCUT2D eigenvalue weighted by Gasteiger charge is -2.18. The highest BCUT2D eigenvalue weighted by Crippen LogP contribution is 2.35. The maximum absolute atomic E-state index is 13.7. The van der Waals surface area contributed by atoms with Gasteiger partial charge in [0.05, 0.1) is 4.90 Å². The summed E-state index contributed by atoms with van der Waals surface area (Å²) in [5.74, 6) is -0.667. The molecule has 0 atom stereocenters. The monoisotopic (exact) mass is 532 g/mol. The highest BCUT2D eigenvalue weighted by molar-refractivity contribution is 7.89. The molecule has 2 aromatic carbocycles. The predicted molar refractivity (Wildman–Crippen MR) is 131 cm³/mol. The summed E-state index contributed by atoms with van der Waals surface area (Å²) in [6.07, 6.45) is -2.99. The quantitative estimate of drug-likeness (QED) is 0.403. The largest absolute Gasteiger partial charge is 0.421 e. The van der Waals surface area contributed by atoms with Gasteiger partial charge in [0.1, 0.15) is 11.4 Å². The van der Waals surface area contributed by atoms with Crippen LogP contribution < -0.4 is 20.3 Å². The highest BCUT2D eigenvalue weighted by Gasteiger charge is 2.35. The van der Waals surface area contributed by atoms with Gasteiger partial charge in [-0.05, 0) is 48.2 Å². The third-order valence-electron chi connectivity index (χ3n) is 6.19. The summed E-state index contributed by atoms with van der Waals surface area (Å²) in [5.41, 5.74) is 1.39. The topological polar surface area (TPSA) is 116 Å². The molecule has 0 unspecified atom stereocenters. The van der Waals surface area contributed by atoms with Crippen molar-refractivity contribution in [1.29, 1.82) is 0 Å². The minimum atomic E-state index is -4.73. The summed E-state index contributed by atoms with van der Waals surface area (Å²) in [7, 11) is -3.98. The average molecular weight is 533 g/mol. The molecule has 1 aromatic heterocycles. The van der Waals surface area contributed by atoms with Crippen LogP contribution in [0.25, 0.3) is 0 Å². The second-order valence-electron chi connectivity index (χ2n) is 8.68. The maximum Gasteiger partial charge on any atom is 0.421 e. The molecule has 0 spiro atoms. The van der Waals surface area contributed by atoms with Crippen molar-refractivity contribution >= 4 is 39.1 Å². The van der Waals surface area contributed by atoms with E-state index in [0.29, 0.717) is 31.3 Å². The number of carbonyl (C=O) groups is 1. The molecule has 3 aliphatic heterocycles. The van der Waals surface area contributed by atoms with E-state index in [0.717, 1.165) is 11.3 Å². The van der Waals surface area contributed by atoms with Crippen LogP contribution in [-0.4, -0.2) is 37.4 Å². The van der Waals surface area contributed by atoms with E-state index in [4.69, 9.17) is 0 Å². The lowest BCUT2D eigenvalue weighted by molar-refractivity contribution is -0.137. The standard InChI is InChI=1S/C24H23F3N6O3S/c25-24(26,27)18-14-29-23-31-17-7-8-19-15(12-17)9-11-33(19)21(34)6-3-10-30-37(35,36)20-5-2-1-4-16(20)13-28-22(18)32-23/h1-2,4-5,7-8,12,14,30H,3,6,9-11,13H2,(H2,28,29,31,32). The molecule has 0 aliphatic carbocycles. The number of halogens is 3. The Labute approximate surface area is 211 Å². The minimum absolute atomic E-state index is 0.0346. The van der Waals surface area contributed by atoms with Gasteiger partial charge in [0.15, 0.2) is 0 Å². The lowest BCUT2D eigenvalue weighted by Crippen LogP contribution is -2.31. The van der Waals surface area contributed by atoms with Crippen LogP contribution in [0.4, 0.5) is 36.3 Å². The van der Waals surface area contributed by atoms with E-state index >= 15 is 0 Å². The molecule has 0 saturated carbocycles. The second kappa shape index (κ2) is 9.63. The van der Waals surface area contributed by atoms with Gasteiger partial charge in [-0.2, -0.15) is 18.2 Å². The Balaban J connectivity index is 1.55. The molecular formula is C24H23F3N6O3S. The van der Waals surface area contributed by atoms with E-state index in [1.807, 2.05) is 6.07 Å². The van der Waals surface area contributed by atoms with Gasteiger partial charge in [-0.15, -0.1) is 0 Å². The van der Waals surface area contributed by atoms with E-state index in [1.165, 1.54) is 18.2 Å². The lowest BCUT2D eigenvalue weighted by atomic mass is 10.1. The van der Waals surface area contributed by atoms with Crippen LogP contribution in [0.5, 0.6) is 0 Å². The SMILES string of the molecule is O=C1CCCNS(=O)(=O)c2ccccc2CNc2nc(ncc2C(F)(F)F)Nc2ccc3c(c2)CCN13. The molecule has 194 valence electrons. The molecule has 3 aliphatic rings. The number of alkyl halides is 3. The Morgan fingerprint density at radius 3 is 2.65 bits per heavy atom. The number of benzene rings is 2. The molecule has 13 heteroatoms. The third kappa shape index (κ3) is 5.23.